The van der Waals surface area contributed by atoms with E-state index in [1.54, 1.807) is 13.0 Å². The highest BCUT2D eigenvalue weighted by Gasteiger charge is 2.16. The van der Waals surface area contributed by atoms with Crippen LogP contribution in [0, 0.1) is 17.0 Å². The summed E-state index contributed by atoms with van der Waals surface area (Å²) >= 11 is 0. The molecular weight excluding hydrogens is 208 g/mol. The van der Waals surface area contributed by atoms with Gasteiger partial charge in [0, 0.05) is 31.7 Å². The van der Waals surface area contributed by atoms with Crippen LogP contribution >= 0.6 is 0 Å². The van der Waals surface area contributed by atoms with Crippen molar-refractivity contribution in [3.05, 3.63) is 27.9 Å². The number of rotatable bonds is 2. The lowest BCUT2D eigenvalue weighted by atomic mass is 10.2. The maximum atomic E-state index is 10.7. The van der Waals surface area contributed by atoms with Crippen molar-refractivity contribution in [3.8, 4) is 0 Å². The minimum Gasteiger partial charge on any atom is -0.354 e. The number of aryl methyl sites for hydroxylation is 1. The van der Waals surface area contributed by atoms with Crippen molar-refractivity contribution in [1.29, 1.82) is 0 Å². The average molecular weight is 222 g/mol. The Labute approximate surface area is 93.4 Å². The molecule has 6 heteroatoms. The molecule has 1 aliphatic rings. The number of nitrogens with one attached hydrogen (secondary N) is 1. The van der Waals surface area contributed by atoms with Crippen molar-refractivity contribution in [2.24, 2.45) is 0 Å². The summed E-state index contributed by atoms with van der Waals surface area (Å²) in [5, 5.41) is 13.9. The highest BCUT2D eigenvalue weighted by molar-refractivity contribution is 5.48. The molecule has 1 fully saturated rings. The predicted molar refractivity (Wildman–Crippen MR) is 60.7 cm³/mol. The topological polar surface area (TPSA) is 71.3 Å². The Morgan fingerprint density at radius 2 is 2.19 bits per heavy atom. The molecule has 1 aromatic heterocycles. The Morgan fingerprint density at radius 1 is 1.50 bits per heavy atom. The van der Waals surface area contributed by atoms with E-state index in [1.807, 2.05) is 0 Å². The van der Waals surface area contributed by atoms with E-state index < -0.39 is 4.92 Å². The Balaban J connectivity index is 2.23. The zero-order valence-electron chi connectivity index (χ0n) is 9.14. The van der Waals surface area contributed by atoms with E-state index >= 15 is 0 Å². The van der Waals surface area contributed by atoms with Gasteiger partial charge >= 0.3 is 0 Å². The maximum Gasteiger partial charge on any atom is 0.290 e. The Hall–Kier alpha value is -1.69. The summed E-state index contributed by atoms with van der Waals surface area (Å²) in [5.41, 5.74) is 0.743. The minimum absolute atomic E-state index is 0.0823. The van der Waals surface area contributed by atoms with E-state index in [-0.39, 0.29) is 5.69 Å². The van der Waals surface area contributed by atoms with Gasteiger partial charge < -0.3 is 10.2 Å². The van der Waals surface area contributed by atoms with Gasteiger partial charge in [-0.1, -0.05) is 0 Å². The second-order valence-corrected chi connectivity index (χ2v) is 3.82. The molecule has 0 saturated carbocycles. The third-order valence-electron chi connectivity index (χ3n) is 2.71. The molecule has 86 valence electrons. The Morgan fingerprint density at radius 3 is 2.75 bits per heavy atom. The van der Waals surface area contributed by atoms with Gasteiger partial charge in [-0.2, -0.15) is 0 Å². The molecule has 0 bridgehead atoms. The van der Waals surface area contributed by atoms with Crippen molar-refractivity contribution in [2.45, 2.75) is 6.92 Å². The largest absolute Gasteiger partial charge is 0.354 e. The van der Waals surface area contributed by atoms with E-state index in [1.165, 1.54) is 6.20 Å². The monoisotopic (exact) mass is 222 g/mol. The molecule has 6 nitrogen and oxygen atoms in total. The lowest BCUT2D eigenvalue weighted by molar-refractivity contribution is -0.385. The molecule has 1 aromatic rings. The second kappa shape index (κ2) is 4.44. The summed E-state index contributed by atoms with van der Waals surface area (Å²) in [4.78, 5) is 16.5. The number of nitrogens with zero attached hydrogens (tertiary/aromatic N) is 3. The molecule has 0 atom stereocenters. The summed E-state index contributed by atoms with van der Waals surface area (Å²) in [6.07, 6.45) is 1.34. The van der Waals surface area contributed by atoms with Gasteiger partial charge in [-0.05, 0) is 13.0 Å². The SMILES string of the molecule is Cc1cc(N2CCNCC2)ncc1[N+](=O)[O-]. The molecule has 1 N–H and O–H groups in total. The first-order valence-corrected chi connectivity index (χ1v) is 5.25. The van der Waals surface area contributed by atoms with Gasteiger partial charge in [-0.25, -0.2) is 4.98 Å². The number of aromatic nitrogens is 1. The van der Waals surface area contributed by atoms with E-state index in [0.717, 1.165) is 32.0 Å². The molecule has 2 rings (SSSR count). The summed E-state index contributed by atoms with van der Waals surface area (Å²) in [6.45, 7) is 5.38. The predicted octanol–water partition coefficient (Wildman–Crippen LogP) is 0.708. The summed E-state index contributed by atoms with van der Waals surface area (Å²) in [7, 11) is 0. The van der Waals surface area contributed by atoms with E-state index in [0.29, 0.717) is 5.56 Å². The standard InChI is InChI=1S/C10H14N4O2/c1-8-6-10(12-7-9(8)14(15)16)13-4-2-11-3-5-13/h6-7,11H,2-5H2,1H3. The molecule has 16 heavy (non-hydrogen) atoms. The van der Waals surface area contributed by atoms with Gasteiger partial charge in [-0.15, -0.1) is 0 Å². The first-order chi connectivity index (χ1) is 7.68. The van der Waals surface area contributed by atoms with Crippen LogP contribution in [0.5, 0.6) is 0 Å². The van der Waals surface area contributed by atoms with Gasteiger partial charge in [0.15, 0.2) is 0 Å². The zero-order chi connectivity index (χ0) is 11.5. The minimum atomic E-state index is -0.399. The number of pyridine rings is 1. The number of hydrogen-bond donors (Lipinski definition) is 1. The summed E-state index contributed by atoms with van der Waals surface area (Å²) < 4.78 is 0. The highest BCUT2D eigenvalue weighted by atomic mass is 16.6. The van der Waals surface area contributed by atoms with Crippen molar-refractivity contribution in [1.82, 2.24) is 10.3 Å². The quantitative estimate of drug-likeness (QED) is 0.589. The fraction of sp³-hybridized carbons (Fsp3) is 0.500. The molecule has 0 aliphatic carbocycles. The molecule has 0 unspecified atom stereocenters. The van der Waals surface area contributed by atoms with Crippen LogP contribution in [0.1, 0.15) is 5.56 Å². The number of hydrogen-bond acceptors (Lipinski definition) is 5. The second-order valence-electron chi connectivity index (χ2n) is 3.82. The summed E-state index contributed by atoms with van der Waals surface area (Å²) in [5.74, 6) is 0.824. The van der Waals surface area contributed by atoms with Crippen LogP contribution < -0.4 is 10.2 Å². The molecule has 1 aliphatic heterocycles. The Kier molecular flexibility index (Phi) is 3.00. The van der Waals surface area contributed by atoms with Crippen LogP contribution in [0.15, 0.2) is 12.3 Å². The van der Waals surface area contributed by atoms with Crippen LogP contribution in [-0.2, 0) is 0 Å². The lowest BCUT2D eigenvalue weighted by Gasteiger charge is -2.28. The van der Waals surface area contributed by atoms with Gasteiger partial charge in [-0.3, -0.25) is 10.1 Å². The van der Waals surface area contributed by atoms with Crippen LogP contribution in [-0.4, -0.2) is 36.1 Å². The molecule has 1 saturated heterocycles. The van der Waals surface area contributed by atoms with Crippen molar-refractivity contribution < 1.29 is 4.92 Å². The van der Waals surface area contributed by atoms with E-state index in [2.05, 4.69) is 15.2 Å². The fourth-order valence-electron chi connectivity index (χ4n) is 1.79. The first-order valence-electron chi connectivity index (χ1n) is 5.25. The third kappa shape index (κ3) is 2.11. The van der Waals surface area contributed by atoms with Gasteiger partial charge in [0.1, 0.15) is 12.0 Å². The zero-order valence-corrected chi connectivity index (χ0v) is 9.14. The maximum absolute atomic E-state index is 10.7. The first kappa shape index (κ1) is 10.8. The van der Waals surface area contributed by atoms with Crippen molar-refractivity contribution in [2.75, 3.05) is 31.1 Å². The molecule has 2 heterocycles. The van der Waals surface area contributed by atoms with Gasteiger partial charge in [0.05, 0.1) is 4.92 Å². The smallest absolute Gasteiger partial charge is 0.290 e. The van der Waals surface area contributed by atoms with E-state index in [9.17, 15) is 10.1 Å². The van der Waals surface area contributed by atoms with Crippen molar-refractivity contribution >= 4 is 11.5 Å². The normalized spacial score (nSPS) is 16.2. The molecule has 0 amide bonds. The molecular formula is C10H14N4O2. The summed E-state index contributed by atoms with van der Waals surface area (Å²) in [6, 6.07) is 1.78. The molecule has 0 aromatic carbocycles. The van der Waals surface area contributed by atoms with Gasteiger partial charge in [0.2, 0.25) is 0 Å². The number of anilines is 1. The van der Waals surface area contributed by atoms with Crippen LogP contribution in [0.2, 0.25) is 0 Å². The highest BCUT2D eigenvalue weighted by Crippen LogP contribution is 2.21. The Bertz CT molecular complexity index is 402. The molecule has 0 spiro atoms. The number of piperazine rings is 1. The van der Waals surface area contributed by atoms with E-state index in [4.69, 9.17) is 0 Å². The van der Waals surface area contributed by atoms with Crippen LogP contribution in [0.4, 0.5) is 11.5 Å². The lowest BCUT2D eigenvalue weighted by Crippen LogP contribution is -2.43. The third-order valence-corrected chi connectivity index (χ3v) is 2.71. The fourth-order valence-corrected chi connectivity index (χ4v) is 1.79. The number of nitro groups is 1. The van der Waals surface area contributed by atoms with Crippen molar-refractivity contribution in [3.63, 3.8) is 0 Å². The van der Waals surface area contributed by atoms with Gasteiger partial charge in [0.25, 0.3) is 5.69 Å². The average Bonchev–Trinajstić information content (AvgIpc) is 2.29. The van der Waals surface area contributed by atoms with Crippen LogP contribution in [0.25, 0.3) is 0 Å². The molecule has 0 radical (unpaired) electrons. The van der Waals surface area contributed by atoms with Crippen LogP contribution in [0.3, 0.4) is 0 Å².